The van der Waals surface area contributed by atoms with E-state index >= 15 is 0 Å². The Morgan fingerprint density at radius 1 is 1.00 bits per heavy atom. The van der Waals surface area contributed by atoms with Gasteiger partial charge in [-0.15, -0.1) is 0 Å². The number of aromatic nitrogens is 2. The Bertz CT molecular complexity index is 1340. The number of carbonyl (C=O) groups is 2. The van der Waals surface area contributed by atoms with Crippen molar-refractivity contribution >= 4 is 29.4 Å². The van der Waals surface area contributed by atoms with E-state index in [2.05, 4.69) is 5.32 Å². The average molecular weight is 485 g/mol. The Kier molecular flexibility index (Phi) is 6.38. The Balaban J connectivity index is 1.41. The monoisotopic (exact) mass is 484 g/mol. The van der Waals surface area contributed by atoms with E-state index in [-0.39, 0.29) is 24.4 Å². The van der Waals surface area contributed by atoms with Crippen LogP contribution in [-0.4, -0.2) is 38.9 Å². The molecule has 35 heavy (non-hydrogen) atoms. The van der Waals surface area contributed by atoms with E-state index in [9.17, 15) is 9.59 Å². The van der Waals surface area contributed by atoms with Gasteiger partial charge in [0.05, 0.1) is 5.69 Å². The number of hydrogen-bond acceptors (Lipinski definition) is 3. The van der Waals surface area contributed by atoms with Crippen molar-refractivity contribution in [3.05, 3.63) is 101 Å². The molecule has 0 atom stereocenters. The second-order valence-electron chi connectivity index (χ2n) is 8.74. The molecule has 3 aromatic carbocycles. The third kappa shape index (κ3) is 5.28. The first kappa shape index (κ1) is 22.9. The van der Waals surface area contributed by atoms with Gasteiger partial charge in [-0.05, 0) is 56.2 Å². The molecule has 1 N–H and O–H groups in total. The van der Waals surface area contributed by atoms with Gasteiger partial charge < -0.3 is 4.90 Å². The number of nitrogens with zero attached hydrogens (tertiary/aromatic N) is 3. The molecule has 0 aliphatic heterocycles. The molecule has 4 aromatic rings. The SMILES string of the molecule is Cc1ccc(-n2cc(-c3ccc(Cl)cc3)nc2NC(=O)CN(C(=O)c2ccccc2)C2CC2)cc1. The predicted octanol–water partition coefficient (Wildman–Crippen LogP) is 5.74. The first-order valence-electron chi connectivity index (χ1n) is 11.6. The van der Waals surface area contributed by atoms with Gasteiger partial charge >= 0.3 is 0 Å². The lowest BCUT2D eigenvalue weighted by Gasteiger charge is -2.22. The van der Waals surface area contributed by atoms with Crippen LogP contribution in [0.2, 0.25) is 5.02 Å². The lowest BCUT2D eigenvalue weighted by molar-refractivity contribution is -0.117. The summed E-state index contributed by atoms with van der Waals surface area (Å²) < 4.78 is 1.85. The molecule has 0 unspecified atom stereocenters. The maximum Gasteiger partial charge on any atom is 0.254 e. The third-order valence-corrected chi connectivity index (χ3v) is 6.24. The van der Waals surface area contributed by atoms with Gasteiger partial charge in [-0.3, -0.25) is 19.5 Å². The molecular formula is C28H25ClN4O2. The summed E-state index contributed by atoms with van der Waals surface area (Å²) in [6.07, 6.45) is 3.70. The smallest absolute Gasteiger partial charge is 0.254 e. The molecule has 1 heterocycles. The number of carbonyl (C=O) groups excluding carboxylic acids is 2. The van der Waals surface area contributed by atoms with E-state index in [1.165, 1.54) is 0 Å². The number of rotatable bonds is 7. The molecule has 176 valence electrons. The highest BCUT2D eigenvalue weighted by Gasteiger charge is 2.34. The normalized spacial score (nSPS) is 12.9. The van der Waals surface area contributed by atoms with Crippen LogP contribution in [-0.2, 0) is 4.79 Å². The lowest BCUT2D eigenvalue weighted by Crippen LogP contribution is -2.39. The van der Waals surface area contributed by atoms with Crippen LogP contribution in [0.5, 0.6) is 0 Å². The number of nitrogens with one attached hydrogen (secondary N) is 1. The van der Waals surface area contributed by atoms with Gasteiger partial charge in [0.1, 0.15) is 6.54 Å². The largest absolute Gasteiger partial charge is 0.326 e. The minimum absolute atomic E-state index is 0.0323. The summed E-state index contributed by atoms with van der Waals surface area (Å²) in [6, 6.07) is 24.6. The van der Waals surface area contributed by atoms with Crippen LogP contribution in [0.25, 0.3) is 16.9 Å². The summed E-state index contributed by atoms with van der Waals surface area (Å²) in [7, 11) is 0. The molecule has 0 saturated heterocycles. The molecule has 1 aliphatic rings. The molecule has 0 radical (unpaired) electrons. The van der Waals surface area contributed by atoms with Gasteiger partial charge in [-0.25, -0.2) is 4.98 Å². The molecule has 1 aliphatic carbocycles. The third-order valence-electron chi connectivity index (χ3n) is 5.99. The van der Waals surface area contributed by atoms with Crippen LogP contribution < -0.4 is 5.32 Å². The van der Waals surface area contributed by atoms with E-state index in [0.717, 1.165) is 29.7 Å². The van der Waals surface area contributed by atoms with Gasteiger partial charge in [-0.2, -0.15) is 0 Å². The van der Waals surface area contributed by atoms with Crippen LogP contribution in [0.15, 0.2) is 85.1 Å². The van der Waals surface area contributed by atoms with E-state index < -0.39 is 0 Å². The van der Waals surface area contributed by atoms with Gasteiger partial charge in [0.15, 0.2) is 0 Å². The second-order valence-corrected chi connectivity index (χ2v) is 9.18. The van der Waals surface area contributed by atoms with Gasteiger partial charge in [0.25, 0.3) is 5.91 Å². The molecule has 1 fully saturated rings. The fourth-order valence-corrected chi connectivity index (χ4v) is 4.07. The van der Waals surface area contributed by atoms with Crippen molar-refractivity contribution < 1.29 is 9.59 Å². The number of benzene rings is 3. The molecule has 7 heteroatoms. The summed E-state index contributed by atoms with van der Waals surface area (Å²) in [5.74, 6) is -0.0264. The number of anilines is 1. The van der Waals surface area contributed by atoms with Crippen molar-refractivity contribution in [3.63, 3.8) is 0 Å². The summed E-state index contributed by atoms with van der Waals surface area (Å²) in [6.45, 7) is 1.99. The molecule has 6 nitrogen and oxygen atoms in total. The maximum atomic E-state index is 13.1. The van der Waals surface area contributed by atoms with Crippen molar-refractivity contribution in [1.82, 2.24) is 14.5 Å². The highest BCUT2D eigenvalue weighted by Crippen LogP contribution is 2.29. The van der Waals surface area contributed by atoms with Crippen LogP contribution >= 0.6 is 11.6 Å². The van der Waals surface area contributed by atoms with Crippen molar-refractivity contribution in [2.45, 2.75) is 25.8 Å². The topological polar surface area (TPSA) is 67.2 Å². The van der Waals surface area contributed by atoms with Crippen molar-refractivity contribution in [2.75, 3.05) is 11.9 Å². The molecule has 2 amide bonds. The Labute approximate surface area is 209 Å². The number of aryl methyl sites for hydroxylation is 1. The first-order chi connectivity index (χ1) is 17.0. The predicted molar refractivity (Wildman–Crippen MR) is 138 cm³/mol. The average Bonchev–Trinajstić information content (AvgIpc) is 3.64. The quantitative estimate of drug-likeness (QED) is 0.363. The highest BCUT2D eigenvalue weighted by molar-refractivity contribution is 6.30. The van der Waals surface area contributed by atoms with E-state index in [1.54, 1.807) is 17.0 Å². The number of imidazole rings is 1. The zero-order valence-electron chi connectivity index (χ0n) is 19.3. The number of hydrogen-bond donors (Lipinski definition) is 1. The van der Waals surface area contributed by atoms with Crippen molar-refractivity contribution in [2.24, 2.45) is 0 Å². The fraction of sp³-hybridized carbons (Fsp3) is 0.179. The number of amides is 2. The summed E-state index contributed by atoms with van der Waals surface area (Å²) in [5.41, 5.74) is 4.18. The lowest BCUT2D eigenvalue weighted by atomic mass is 10.2. The standard InChI is InChI=1S/C28H25ClN4O2/c1-19-7-13-24(14-8-19)33-17-25(20-9-11-22(29)12-10-20)30-28(33)31-26(34)18-32(23-15-16-23)27(35)21-5-3-2-4-6-21/h2-14,17,23H,15-16,18H2,1H3,(H,30,31,34). The zero-order valence-corrected chi connectivity index (χ0v) is 20.1. The molecule has 1 aromatic heterocycles. The minimum Gasteiger partial charge on any atom is -0.326 e. The number of halogens is 1. The van der Waals surface area contributed by atoms with E-state index in [4.69, 9.17) is 16.6 Å². The summed E-state index contributed by atoms with van der Waals surface area (Å²) in [5, 5.41) is 3.58. The first-order valence-corrected chi connectivity index (χ1v) is 11.9. The summed E-state index contributed by atoms with van der Waals surface area (Å²) in [4.78, 5) is 32.6. The van der Waals surface area contributed by atoms with Crippen LogP contribution in [0.3, 0.4) is 0 Å². The Morgan fingerprint density at radius 3 is 2.34 bits per heavy atom. The van der Waals surface area contributed by atoms with Gasteiger partial charge in [-0.1, -0.05) is 59.6 Å². The minimum atomic E-state index is -0.289. The zero-order chi connectivity index (χ0) is 24.4. The molecule has 1 saturated carbocycles. The van der Waals surface area contributed by atoms with Gasteiger partial charge in [0.2, 0.25) is 11.9 Å². The van der Waals surface area contributed by atoms with Crippen molar-refractivity contribution in [1.29, 1.82) is 0 Å². The Morgan fingerprint density at radius 2 is 1.69 bits per heavy atom. The summed E-state index contributed by atoms with van der Waals surface area (Å²) >= 11 is 6.05. The molecule has 0 spiro atoms. The van der Waals surface area contributed by atoms with Crippen molar-refractivity contribution in [3.8, 4) is 16.9 Å². The maximum absolute atomic E-state index is 13.1. The van der Waals surface area contributed by atoms with Gasteiger partial charge in [0, 0.05) is 34.1 Å². The fourth-order valence-electron chi connectivity index (χ4n) is 3.95. The molecule has 5 rings (SSSR count). The van der Waals surface area contributed by atoms with E-state index in [0.29, 0.717) is 22.2 Å². The second kappa shape index (κ2) is 9.76. The Hall–Kier alpha value is -3.90. The van der Waals surface area contributed by atoms with Crippen LogP contribution in [0, 0.1) is 6.92 Å². The molecule has 0 bridgehead atoms. The highest BCUT2D eigenvalue weighted by atomic mass is 35.5. The molecular weight excluding hydrogens is 460 g/mol. The van der Waals surface area contributed by atoms with Crippen LogP contribution in [0.1, 0.15) is 28.8 Å². The van der Waals surface area contributed by atoms with Crippen LogP contribution in [0.4, 0.5) is 5.95 Å². The van der Waals surface area contributed by atoms with E-state index in [1.807, 2.05) is 84.4 Å².